The second-order valence-corrected chi connectivity index (χ2v) is 6.59. The number of aromatic nitrogens is 1. The van der Waals surface area contributed by atoms with Crippen LogP contribution in [-0.4, -0.2) is 24.6 Å². The van der Waals surface area contributed by atoms with Crippen LogP contribution in [0.3, 0.4) is 0 Å². The number of aromatic amines is 1. The number of fused-ring (bicyclic) bond motifs is 1. The Bertz CT molecular complexity index is 894. The number of ether oxygens (including phenoxy) is 1. The maximum absolute atomic E-state index is 11.1. The summed E-state index contributed by atoms with van der Waals surface area (Å²) in [6, 6.07) is 16.6. The van der Waals surface area contributed by atoms with E-state index in [1.54, 1.807) is 6.08 Å². The van der Waals surface area contributed by atoms with Gasteiger partial charge in [0.05, 0.1) is 7.11 Å². The molecule has 0 spiro atoms. The molecule has 0 fully saturated rings. The lowest BCUT2D eigenvalue weighted by molar-refractivity contribution is -0.134. The van der Waals surface area contributed by atoms with Crippen LogP contribution in [0.1, 0.15) is 29.5 Å². The molecule has 0 saturated heterocycles. The molecule has 0 radical (unpaired) electrons. The molecule has 0 aliphatic carbocycles. The molecule has 27 heavy (non-hydrogen) atoms. The number of rotatable bonds is 9. The van der Waals surface area contributed by atoms with Gasteiger partial charge in [0.2, 0.25) is 0 Å². The zero-order valence-corrected chi connectivity index (χ0v) is 15.7. The number of hydrogen-bond donors (Lipinski definition) is 2. The summed E-state index contributed by atoms with van der Waals surface area (Å²) in [4.78, 5) is 14.4. The minimum atomic E-state index is -0.339. The molecule has 0 bridgehead atoms. The van der Waals surface area contributed by atoms with Crippen LogP contribution in [0.15, 0.2) is 60.8 Å². The molecule has 4 heteroatoms. The third-order valence-electron chi connectivity index (χ3n) is 4.65. The fraction of sp³-hybridized carbons (Fsp3) is 0.261. The van der Waals surface area contributed by atoms with Gasteiger partial charge in [-0.2, -0.15) is 0 Å². The van der Waals surface area contributed by atoms with Gasteiger partial charge in [-0.1, -0.05) is 42.5 Å². The topological polar surface area (TPSA) is 54.1 Å². The van der Waals surface area contributed by atoms with Crippen molar-refractivity contribution in [3.05, 3.63) is 77.5 Å². The van der Waals surface area contributed by atoms with E-state index in [0.29, 0.717) is 0 Å². The summed E-state index contributed by atoms with van der Waals surface area (Å²) < 4.78 is 4.59. The van der Waals surface area contributed by atoms with Gasteiger partial charge in [0.25, 0.3) is 0 Å². The molecule has 1 heterocycles. The molecule has 0 saturated carbocycles. The number of aryl methyl sites for hydroxylation is 1. The molecule has 0 atom stereocenters. The van der Waals surface area contributed by atoms with Crippen LogP contribution in [0.2, 0.25) is 0 Å². The maximum Gasteiger partial charge on any atom is 0.330 e. The molecule has 0 amide bonds. The summed E-state index contributed by atoms with van der Waals surface area (Å²) in [6.07, 6.45) is 8.75. The zero-order valence-electron chi connectivity index (χ0n) is 15.7. The molecule has 0 unspecified atom stereocenters. The SMILES string of the molecule is COC(=O)/C=C/c1ccc(CNCCCCc2c[nH]c3ccccc23)cc1. The Hall–Kier alpha value is -2.85. The summed E-state index contributed by atoms with van der Waals surface area (Å²) in [6.45, 7) is 1.86. The van der Waals surface area contributed by atoms with Crippen LogP contribution in [0, 0.1) is 0 Å². The summed E-state index contributed by atoms with van der Waals surface area (Å²) in [5.74, 6) is -0.339. The molecule has 1 aromatic heterocycles. The average Bonchev–Trinajstić information content (AvgIpc) is 3.12. The molecular formula is C23H26N2O2. The molecule has 0 aliphatic heterocycles. The van der Waals surface area contributed by atoms with E-state index in [4.69, 9.17) is 0 Å². The van der Waals surface area contributed by atoms with Gasteiger partial charge < -0.3 is 15.0 Å². The lowest BCUT2D eigenvalue weighted by Crippen LogP contribution is -2.14. The number of esters is 1. The predicted molar refractivity (Wildman–Crippen MR) is 110 cm³/mol. The first-order valence-corrected chi connectivity index (χ1v) is 9.37. The molecule has 3 aromatic rings. The number of unbranched alkanes of at least 4 members (excludes halogenated alkanes) is 1. The minimum absolute atomic E-state index is 0.339. The van der Waals surface area contributed by atoms with Gasteiger partial charge in [0, 0.05) is 29.7 Å². The summed E-state index contributed by atoms with van der Waals surface area (Å²) in [5, 5.41) is 4.84. The van der Waals surface area contributed by atoms with Crippen molar-refractivity contribution in [2.75, 3.05) is 13.7 Å². The quantitative estimate of drug-likeness (QED) is 0.335. The Kier molecular flexibility index (Phi) is 6.83. The largest absolute Gasteiger partial charge is 0.466 e. The Morgan fingerprint density at radius 2 is 1.93 bits per heavy atom. The molecule has 140 valence electrons. The van der Waals surface area contributed by atoms with Crippen LogP contribution in [0.5, 0.6) is 0 Å². The zero-order chi connectivity index (χ0) is 18.9. The van der Waals surface area contributed by atoms with Gasteiger partial charge in [-0.25, -0.2) is 4.79 Å². The Labute approximate surface area is 160 Å². The number of benzene rings is 2. The van der Waals surface area contributed by atoms with Gasteiger partial charge in [0.15, 0.2) is 0 Å². The number of nitrogens with one attached hydrogen (secondary N) is 2. The number of hydrogen-bond acceptors (Lipinski definition) is 3. The number of carbonyl (C=O) groups is 1. The van der Waals surface area contributed by atoms with Gasteiger partial charge in [-0.15, -0.1) is 0 Å². The van der Waals surface area contributed by atoms with Crippen molar-refractivity contribution < 1.29 is 9.53 Å². The van der Waals surface area contributed by atoms with Crippen LogP contribution < -0.4 is 5.32 Å². The highest BCUT2D eigenvalue weighted by molar-refractivity contribution is 5.86. The van der Waals surface area contributed by atoms with E-state index in [2.05, 4.69) is 57.6 Å². The lowest BCUT2D eigenvalue weighted by Gasteiger charge is -2.05. The van der Waals surface area contributed by atoms with Crippen molar-refractivity contribution >= 4 is 22.9 Å². The Morgan fingerprint density at radius 1 is 1.11 bits per heavy atom. The van der Waals surface area contributed by atoms with Crippen molar-refractivity contribution in [3.63, 3.8) is 0 Å². The first-order valence-electron chi connectivity index (χ1n) is 9.37. The van der Waals surface area contributed by atoms with Crippen LogP contribution in [0.4, 0.5) is 0 Å². The van der Waals surface area contributed by atoms with E-state index in [0.717, 1.165) is 31.5 Å². The second kappa shape index (κ2) is 9.74. The highest BCUT2D eigenvalue weighted by Crippen LogP contribution is 2.19. The summed E-state index contributed by atoms with van der Waals surface area (Å²) >= 11 is 0. The molecular weight excluding hydrogens is 336 g/mol. The van der Waals surface area contributed by atoms with Crippen LogP contribution >= 0.6 is 0 Å². The van der Waals surface area contributed by atoms with E-state index in [1.165, 1.54) is 41.6 Å². The third kappa shape index (κ3) is 5.56. The standard InChI is InChI=1S/C23H26N2O2/c1-27-23(26)14-13-18-9-11-19(12-10-18)16-24-15-5-4-6-20-17-25-22-8-3-2-7-21(20)22/h2-3,7-14,17,24-25H,4-6,15-16H2,1H3/b14-13+. The fourth-order valence-corrected chi connectivity index (χ4v) is 3.12. The monoisotopic (exact) mass is 362 g/mol. The predicted octanol–water partition coefficient (Wildman–Crippen LogP) is 4.47. The Balaban J connectivity index is 1.35. The highest BCUT2D eigenvalue weighted by atomic mass is 16.5. The highest BCUT2D eigenvalue weighted by Gasteiger charge is 2.02. The van der Waals surface area contributed by atoms with Gasteiger partial charge >= 0.3 is 5.97 Å². The fourth-order valence-electron chi connectivity index (χ4n) is 3.12. The van der Waals surface area contributed by atoms with Crippen molar-refractivity contribution in [1.29, 1.82) is 0 Å². The minimum Gasteiger partial charge on any atom is -0.466 e. The Morgan fingerprint density at radius 3 is 2.74 bits per heavy atom. The lowest BCUT2D eigenvalue weighted by atomic mass is 10.1. The smallest absolute Gasteiger partial charge is 0.330 e. The van der Waals surface area contributed by atoms with E-state index in [-0.39, 0.29) is 5.97 Å². The van der Waals surface area contributed by atoms with E-state index < -0.39 is 0 Å². The van der Waals surface area contributed by atoms with Gasteiger partial charge in [0.1, 0.15) is 0 Å². The van der Waals surface area contributed by atoms with Gasteiger partial charge in [-0.3, -0.25) is 0 Å². The first kappa shape index (κ1) is 18.9. The van der Waals surface area contributed by atoms with Crippen LogP contribution in [0.25, 0.3) is 17.0 Å². The molecule has 2 aromatic carbocycles. The number of methoxy groups -OCH3 is 1. The summed E-state index contributed by atoms with van der Waals surface area (Å²) in [5.41, 5.74) is 4.85. The van der Waals surface area contributed by atoms with E-state index in [1.807, 2.05) is 12.1 Å². The summed E-state index contributed by atoms with van der Waals surface area (Å²) in [7, 11) is 1.38. The van der Waals surface area contributed by atoms with Crippen LogP contribution in [-0.2, 0) is 22.5 Å². The van der Waals surface area contributed by atoms with Crippen molar-refractivity contribution in [3.8, 4) is 0 Å². The maximum atomic E-state index is 11.1. The number of H-pyrrole nitrogens is 1. The number of carbonyl (C=O) groups excluding carboxylic acids is 1. The van der Waals surface area contributed by atoms with Crippen molar-refractivity contribution in [2.24, 2.45) is 0 Å². The van der Waals surface area contributed by atoms with Crippen molar-refractivity contribution in [1.82, 2.24) is 10.3 Å². The van der Waals surface area contributed by atoms with Crippen molar-refractivity contribution in [2.45, 2.75) is 25.8 Å². The third-order valence-corrected chi connectivity index (χ3v) is 4.65. The molecule has 3 rings (SSSR count). The second-order valence-electron chi connectivity index (χ2n) is 6.59. The van der Waals surface area contributed by atoms with E-state index in [9.17, 15) is 4.79 Å². The molecule has 2 N–H and O–H groups in total. The average molecular weight is 362 g/mol. The van der Waals surface area contributed by atoms with Gasteiger partial charge in [-0.05, 0) is 54.6 Å². The molecule has 4 nitrogen and oxygen atoms in total. The van der Waals surface area contributed by atoms with E-state index >= 15 is 0 Å². The molecule has 0 aliphatic rings. The number of para-hydroxylation sites is 1. The first-order chi connectivity index (χ1) is 13.3. The normalized spacial score (nSPS) is 11.3.